The number of furan rings is 1. The van der Waals surface area contributed by atoms with Crippen molar-refractivity contribution >= 4 is 95.9 Å². The first-order valence-electron chi connectivity index (χ1n) is 27.8. The molecule has 0 amide bonds. The van der Waals surface area contributed by atoms with Gasteiger partial charge in [0.25, 0.3) is 6.71 Å². The van der Waals surface area contributed by atoms with Gasteiger partial charge in [-0.3, -0.25) is 0 Å². The Bertz CT molecular complexity index is 3540. The lowest BCUT2D eigenvalue weighted by atomic mass is 9.35. The van der Waals surface area contributed by atoms with Gasteiger partial charge in [-0.15, -0.1) is 0 Å². The third kappa shape index (κ3) is 7.16. The third-order valence-corrected chi connectivity index (χ3v) is 20.8. The molecule has 7 aromatic rings. The van der Waals surface area contributed by atoms with Gasteiger partial charge in [0.15, 0.2) is 5.58 Å². The van der Waals surface area contributed by atoms with Gasteiger partial charge in [-0.1, -0.05) is 160 Å². The Balaban J connectivity index is 1.26. The average molecular weight is 983 g/mol. The lowest BCUT2D eigenvalue weighted by Crippen LogP contribution is -2.61. The SMILES string of the molecule is C=C1/C(=C\c2c(CC)sc3c2N(c2ccc4c(c2)C(C)(C)CCC4(C)C)c2cc(C(C)(C)C)cc4c2B3c2cc3c(cc2N4c2cccc4c2oc2ccccc24)C(C)(C)CCC3(C)C)C(C)(C)CCC1(C)C. The van der Waals surface area contributed by atoms with Gasteiger partial charge in [-0.05, 0) is 181 Å². The fourth-order valence-electron chi connectivity index (χ4n) is 14.0. The number of hydrogen-bond acceptors (Lipinski definition) is 4. The van der Waals surface area contributed by atoms with E-state index >= 15 is 0 Å². The van der Waals surface area contributed by atoms with Gasteiger partial charge < -0.3 is 14.2 Å². The van der Waals surface area contributed by atoms with Gasteiger partial charge in [0.2, 0.25) is 0 Å². The first kappa shape index (κ1) is 48.7. The van der Waals surface area contributed by atoms with Crippen LogP contribution in [0, 0.1) is 10.8 Å². The molecule has 5 heteroatoms. The Hall–Kier alpha value is -5.26. The summed E-state index contributed by atoms with van der Waals surface area (Å²) in [6, 6.07) is 33.6. The van der Waals surface area contributed by atoms with Crippen LogP contribution in [0.1, 0.15) is 188 Å². The molecule has 0 atom stereocenters. The Kier molecular flexibility index (Phi) is 10.4. The predicted molar refractivity (Wildman–Crippen MR) is 318 cm³/mol. The van der Waals surface area contributed by atoms with Gasteiger partial charge in [-0.2, -0.15) is 11.3 Å². The van der Waals surface area contributed by atoms with Crippen molar-refractivity contribution < 1.29 is 4.42 Å². The summed E-state index contributed by atoms with van der Waals surface area (Å²) in [7, 11) is 0. The largest absolute Gasteiger partial charge is 0.454 e. The summed E-state index contributed by atoms with van der Waals surface area (Å²) >= 11 is 2.08. The van der Waals surface area contributed by atoms with E-state index in [1.807, 2.05) is 0 Å². The molecular formula is C68H79BN2OS. The molecule has 1 fully saturated rings. The van der Waals surface area contributed by atoms with Crippen molar-refractivity contribution in [3.63, 3.8) is 0 Å². The Morgan fingerprint density at radius 3 is 1.84 bits per heavy atom. The van der Waals surface area contributed by atoms with Gasteiger partial charge in [0.1, 0.15) is 5.58 Å². The number of aryl methyl sites for hydroxylation is 1. The number of hydrogen-bond donors (Lipinski definition) is 0. The summed E-state index contributed by atoms with van der Waals surface area (Å²) in [5.41, 5.74) is 23.6. The van der Waals surface area contributed by atoms with Crippen molar-refractivity contribution in [1.82, 2.24) is 0 Å². The van der Waals surface area contributed by atoms with Crippen molar-refractivity contribution in [2.45, 2.75) is 183 Å². The first-order chi connectivity index (χ1) is 34.1. The Labute approximate surface area is 442 Å². The van der Waals surface area contributed by atoms with Crippen LogP contribution in [-0.4, -0.2) is 6.71 Å². The Morgan fingerprint density at radius 1 is 0.603 bits per heavy atom. The number of thiophene rings is 1. The molecule has 12 rings (SSSR count). The van der Waals surface area contributed by atoms with Crippen molar-refractivity contribution in [1.29, 1.82) is 0 Å². The predicted octanol–water partition coefficient (Wildman–Crippen LogP) is 18.1. The van der Waals surface area contributed by atoms with Crippen molar-refractivity contribution in [2.75, 3.05) is 9.80 Å². The second-order valence-electron chi connectivity index (χ2n) is 28.1. The van der Waals surface area contributed by atoms with Gasteiger partial charge in [-0.25, -0.2) is 0 Å². The molecule has 3 aliphatic carbocycles. The molecule has 1 saturated carbocycles. The highest BCUT2D eigenvalue weighted by atomic mass is 32.1. The minimum Gasteiger partial charge on any atom is -0.454 e. The summed E-state index contributed by atoms with van der Waals surface area (Å²) in [6.45, 7) is 44.1. The van der Waals surface area contributed by atoms with Crippen LogP contribution >= 0.6 is 11.3 Å². The van der Waals surface area contributed by atoms with Crippen LogP contribution in [0.2, 0.25) is 0 Å². The Morgan fingerprint density at radius 2 is 1.18 bits per heavy atom. The molecule has 5 aromatic carbocycles. The van der Waals surface area contributed by atoms with Crippen molar-refractivity contribution in [2.24, 2.45) is 10.8 Å². The van der Waals surface area contributed by atoms with E-state index in [-0.39, 0.29) is 44.6 Å². The number of anilines is 6. The highest BCUT2D eigenvalue weighted by molar-refractivity contribution is 7.29. The molecular weight excluding hydrogens is 904 g/mol. The lowest BCUT2D eigenvalue weighted by Gasteiger charge is -2.47. The van der Waals surface area contributed by atoms with Crippen LogP contribution in [0.4, 0.5) is 34.1 Å². The summed E-state index contributed by atoms with van der Waals surface area (Å²) < 4.78 is 8.52. The number of fused-ring (bicyclic) bond motifs is 9. The molecule has 0 N–H and O–H groups in total. The maximum absolute atomic E-state index is 7.07. The molecule has 3 nitrogen and oxygen atoms in total. The minimum absolute atomic E-state index is 0.00648. The minimum atomic E-state index is -0.155. The molecule has 0 unspecified atom stereocenters. The van der Waals surface area contributed by atoms with Crippen LogP contribution in [0.25, 0.3) is 28.0 Å². The molecule has 376 valence electrons. The second-order valence-corrected chi connectivity index (χ2v) is 29.2. The average Bonchev–Trinajstić information content (AvgIpc) is 3.90. The van der Waals surface area contributed by atoms with Gasteiger partial charge in [0.05, 0.1) is 11.4 Å². The van der Waals surface area contributed by atoms with E-state index in [4.69, 9.17) is 11.0 Å². The molecule has 0 bridgehead atoms. The maximum atomic E-state index is 7.07. The molecule has 5 aliphatic rings. The zero-order valence-electron chi connectivity index (χ0n) is 47.1. The highest BCUT2D eigenvalue weighted by Crippen LogP contribution is 2.57. The van der Waals surface area contributed by atoms with E-state index in [2.05, 4.69) is 223 Å². The molecule has 73 heavy (non-hydrogen) atoms. The van der Waals surface area contributed by atoms with Crippen LogP contribution in [0.3, 0.4) is 0 Å². The number of benzene rings is 5. The summed E-state index contributed by atoms with van der Waals surface area (Å²) in [4.78, 5) is 6.87. The quantitative estimate of drug-likeness (QED) is 0.164. The molecule has 0 radical (unpaired) electrons. The van der Waals surface area contributed by atoms with E-state index in [0.717, 1.165) is 66.2 Å². The summed E-state index contributed by atoms with van der Waals surface area (Å²) in [5.74, 6) is 0. The smallest absolute Gasteiger partial charge is 0.264 e. The van der Waals surface area contributed by atoms with Crippen LogP contribution < -0.4 is 25.5 Å². The fraction of sp³-hybridized carbons (Fsp3) is 0.441. The van der Waals surface area contributed by atoms with E-state index in [9.17, 15) is 0 Å². The number of nitrogens with zero attached hydrogens (tertiary/aromatic N) is 2. The standard InChI is InChI=1S/C68H79BN2OS/c1-18-57-45(37-47-40(2)63(6,7)28-29-65(47,10)11)59-61(73-57)69-51-38-49-50(68(16,17)33-32-67(49,14)15)39-53(51)71(52-24-21-23-44-43-22-19-20-25-56(43)72-60(44)52)55-35-41(62(3,4)5)34-54(58(55)69)70(59)42-26-27-46-48(36-42)66(12,13)31-30-64(46,8)9/h19-27,34-39H,2,18,28-33H2,1,3-17H3/b47-37+. The number of rotatable bonds is 4. The van der Waals surface area contributed by atoms with E-state index in [0.29, 0.717) is 0 Å². The zero-order chi connectivity index (χ0) is 51.9. The van der Waals surface area contributed by atoms with Gasteiger partial charge in [0, 0.05) is 48.7 Å². The molecule has 4 heterocycles. The molecule has 0 saturated heterocycles. The number of para-hydroxylation sites is 2. The van der Waals surface area contributed by atoms with E-state index in [1.54, 1.807) is 0 Å². The molecule has 2 aromatic heterocycles. The van der Waals surface area contributed by atoms with Crippen LogP contribution in [-0.2, 0) is 33.5 Å². The van der Waals surface area contributed by atoms with E-state index in [1.165, 1.54) is 100.0 Å². The molecule has 2 aliphatic heterocycles. The monoisotopic (exact) mass is 983 g/mol. The summed E-state index contributed by atoms with van der Waals surface area (Å²) in [6.07, 6.45) is 10.5. The fourth-order valence-corrected chi connectivity index (χ4v) is 15.4. The zero-order valence-corrected chi connectivity index (χ0v) is 47.9. The van der Waals surface area contributed by atoms with Crippen molar-refractivity contribution in [3.8, 4) is 0 Å². The summed E-state index contributed by atoms with van der Waals surface area (Å²) in [5, 5.41) is 2.31. The lowest BCUT2D eigenvalue weighted by molar-refractivity contribution is 0.262. The van der Waals surface area contributed by atoms with Gasteiger partial charge >= 0.3 is 0 Å². The number of allylic oxidation sites excluding steroid dienone is 2. The highest BCUT2D eigenvalue weighted by Gasteiger charge is 2.50. The first-order valence-corrected chi connectivity index (χ1v) is 28.6. The van der Waals surface area contributed by atoms with Crippen LogP contribution in [0.5, 0.6) is 0 Å². The van der Waals surface area contributed by atoms with E-state index < -0.39 is 0 Å². The normalized spacial score (nSPS) is 21.2. The van der Waals surface area contributed by atoms with Crippen LogP contribution in [0.15, 0.2) is 107 Å². The maximum Gasteiger partial charge on any atom is 0.264 e. The second kappa shape index (κ2) is 15.7. The topological polar surface area (TPSA) is 19.6 Å². The molecule has 0 spiro atoms. The van der Waals surface area contributed by atoms with Crippen molar-refractivity contribution in [3.05, 3.63) is 141 Å². The third-order valence-electron chi connectivity index (χ3n) is 19.4.